The van der Waals surface area contributed by atoms with Gasteiger partial charge >= 0.3 is 0 Å². The fourth-order valence-corrected chi connectivity index (χ4v) is 2.49. The molecule has 6 heteroatoms. The first-order chi connectivity index (χ1) is 10.2. The molecule has 2 aromatic rings. The van der Waals surface area contributed by atoms with Crippen LogP contribution >= 0.6 is 0 Å². The van der Waals surface area contributed by atoms with E-state index in [1.165, 1.54) is 12.1 Å². The van der Waals surface area contributed by atoms with Crippen LogP contribution in [0.4, 0.5) is 4.39 Å². The third-order valence-electron chi connectivity index (χ3n) is 3.70. The summed E-state index contributed by atoms with van der Waals surface area (Å²) in [6, 6.07) is 7.62. The van der Waals surface area contributed by atoms with Crippen LogP contribution in [0, 0.1) is 11.7 Å². The highest BCUT2D eigenvalue weighted by molar-refractivity contribution is 5.93. The van der Waals surface area contributed by atoms with Gasteiger partial charge in [-0.25, -0.2) is 4.39 Å². The van der Waals surface area contributed by atoms with Crippen LogP contribution in [0.3, 0.4) is 0 Å². The molecule has 5 nitrogen and oxygen atoms in total. The molecule has 0 saturated carbocycles. The van der Waals surface area contributed by atoms with Crippen molar-refractivity contribution in [3.05, 3.63) is 41.8 Å². The number of aliphatic hydroxyl groups excluding tert-OH is 1. The van der Waals surface area contributed by atoms with Gasteiger partial charge in [-0.1, -0.05) is 17.3 Å². The van der Waals surface area contributed by atoms with E-state index in [0.29, 0.717) is 13.1 Å². The van der Waals surface area contributed by atoms with Crippen molar-refractivity contribution < 1.29 is 18.8 Å². The first-order valence-electron chi connectivity index (χ1n) is 6.81. The summed E-state index contributed by atoms with van der Waals surface area (Å²) < 4.78 is 18.8. The minimum atomic E-state index is -0.422. The zero-order chi connectivity index (χ0) is 14.8. The van der Waals surface area contributed by atoms with E-state index in [-0.39, 0.29) is 35.4 Å². The topological polar surface area (TPSA) is 66.6 Å². The lowest BCUT2D eigenvalue weighted by Gasteiger charge is -2.13. The Morgan fingerprint density at radius 3 is 3.00 bits per heavy atom. The monoisotopic (exact) mass is 290 g/mol. The van der Waals surface area contributed by atoms with Crippen LogP contribution in [-0.4, -0.2) is 40.8 Å². The number of halogens is 1. The molecule has 1 aliphatic rings. The molecule has 1 saturated heterocycles. The molecule has 1 aliphatic heterocycles. The third-order valence-corrected chi connectivity index (χ3v) is 3.70. The van der Waals surface area contributed by atoms with E-state index >= 15 is 0 Å². The molecule has 1 N–H and O–H groups in total. The number of amides is 1. The summed E-state index contributed by atoms with van der Waals surface area (Å²) in [6.07, 6.45) is 0.778. The molecule has 0 bridgehead atoms. The second kappa shape index (κ2) is 5.65. The number of rotatable bonds is 3. The number of likely N-dealkylation sites (tertiary alicyclic amines) is 1. The molecule has 0 aliphatic carbocycles. The number of aromatic nitrogens is 1. The molecule has 110 valence electrons. The summed E-state index contributed by atoms with van der Waals surface area (Å²) in [5, 5.41) is 12.8. The van der Waals surface area contributed by atoms with Gasteiger partial charge in [0.2, 0.25) is 0 Å². The molecule has 1 amide bonds. The first kappa shape index (κ1) is 13.8. The zero-order valence-corrected chi connectivity index (χ0v) is 11.3. The predicted molar refractivity (Wildman–Crippen MR) is 73.0 cm³/mol. The molecule has 3 rings (SSSR count). The van der Waals surface area contributed by atoms with E-state index in [1.54, 1.807) is 23.1 Å². The maximum absolute atomic E-state index is 13.7. The van der Waals surface area contributed by atoms with E-state index in [0.717, 1.165) is 6.42 Å². The SMILES string of the molecule is O=C(c1cc(-c2ccccc2F)on1)N1CCC(CO)C1. The quantitative estimate of drug-likeness (QED) is 0.938. The average molecular weight is 290 g/mol. The third kappa shape index (κ3) is 2.67. The van der Waals surface area contributed by atoms with E-state index in [4.69, 9.17) is 9.63 Å². The second-order valence-corrected chi connectivity index (χ2v) is 5.14. The van der Waals surface area contributed by atoms with Crippen molar-refractivity contribution in [1.29, 1.82) is 0 Å². The highest BCUT2D eigenvalue weighted by atomic mass is 19.1. The smallest absolute Gasteiger partial charge is 0.276 e. The normalized spacial score (nSPS) is 18.2. The summed E-state index contributed by atoms with van der Waals surface area (Å²) in [6.45, 7) is 1.17. The minimum Gasteiger partial charge on any atom is -0.396 e. The Bertz CT molecular complexity index is 656. The maximum atomic E-state index is 13.7. The number of carbonyl (C=O) groups is 1. The molecule has 1 aromatic heterocycles. The Kier molecular flexibility index (Phi) is 3.70. The number of carbonyl (C=O) groups excluding carboxylic acids is 1. The van der Waals surface area contributed by atoms with Gasteiger partial charge in [-0.2, -0.15) is 0 Å². The highest BCUT2D eigenvalue weighted by Crippen LogP contribution is 2.24. The van der Waals surface area contributed by atoms with Gasteiger partial charge in [-0.15, -0.1) is 0 Å². The Morgan fingerprint density at radius 1 is 1.48 bits per heavy atom. The van der Waals surface area contributed by atoms with Crippen LogP contribution in [0.25, 0.3) is 11.3 Å². The number of aliphatic hydroxyl groups is 1. The summed E-state index contributed by atoms with van der Waals surface area (Å²) >= 11 is 0. The molecule has 1 atom stereocenters. The standard InChI is InChI=1S/C15H15FN2O3/c16-12-4-2-1-3-11(12)14-7-13(17-21-14)15(20)18-6-5-10(8-18)9-19/h1-4,7,10,19H,5-6,8-9H2. The maximum Gasteiger partial charge on any atom is 0.276 e. The van der Waals surface area contributed by atoms with Crippen molar-refractivity contribution in [2.75, 3.05) is 19.7 Å². The van der Waals surface area contributed by atoms with Crippen molar-refractivity contribution in [2.45, 2.75) is 6.42 Å². The largest absolute Gasteiger partial charge is 0.396 e. The van der Waals surface area contributed by atoms with Crippen molar-refractivity contribution in [2.24, 2.45) is 5.92 Å². The first-order valence-corrected chi connectivity index (χ1v) is 6.81. The van der Waals surface area contributed by atoms with Gasteiger partial charge in [-0.3, -0.25) is 4.79 Å². The van der Waals surface area contributed by atoms with E-state index in [1.807, 2.05) is 0 Å². The molecule has 2 heterocycles. The van der Waals surface area contributed by atoms with Gasteiger partial charge in [0.05, 0.1) is 5.56 Å². The summed E-state index contributed by atoms with van der Waals surface area (Å²) in [4.78, 5) is 13.9. The highest BCUT2D eigenvalue weighted by Gasteiger charge is 2.28. The summed E-state index contributed by atoms with van der Waals surface area (Å²) in [5.41, 5.74) is 0.436. The number of nitrogens with zero attached hydrogens (tertiary/aromatic N) is 2. The second-order valence-electron chi connectivity index (χ2n) is 5.14. The van der Waals surface area contributed by atoms with Crippen LogP contribution in [0.1, 0.15) is 16.9 Å². The minimum absolute atomic E-state index is 0.0725. The Labute approximate surface area is 121 Å². The van der Waals surface area contributed by atoms with Gasteiger partial charge in [0, 0.05) is 31.7 Å². The Hall–Kier alpha value is -2.21. The molecular weight excluding hydrogens is 275 g/mol. The van der Waals surface area contributed by atoms with E-state index in [2.05, 4.69) is 5.16 Å². The van der Waals surface area contributed by atoms with Crippen LogP contribution < -0.4 is 0 Å². The van der Waals surface area contributed by atoms with Gasteiger partial charge < -0.3 is 14.5 Å². The lowest BCUT2D eigenvalue weighted by Crippen LogP contribution is -2.29. The molecular formula is C15H15FN2O3. The Balaban J connectivity index is 1.79. The lowest BCUT2D eigenvalue weighted by atomic mass is 10.1. The van der Waals surface area contributed by atoms with Gasteiger partial charge in [-0.05, 0) is 18.6 Å². The lowest BCUT2D eigenvalue weighted by molar-refractivity contribution is 0.0771. The summed E-state index contributed by atoms with van der Waals surface area (Å²) in [7, 11) is 0. The van der Waals surface area contributed by atoms with Crippen molar-refractivity contribution in [1.82, 2.24) is 10.1 Å². The van der Waals surface area contributed by atoms with Crippen molar-refractivity contribution in [3.63, 3.8) is 0 Å². The molecule has 21 heavy (non-hydrogen) atoms. The van der Waals surface area contributed by atoms with E-state index in [9.17, 15) is 9.18 Å². The number of benzene rings is 1. The Morgan fingerprint density at radius 2 is 2.29 bits per heavy atom. The zero-order valence-electron chi connectivity index (χ0n) is 11.3. The molecule has 1 fully saturated rings. The summed E-state index contributed by atoms with van der Waals surface area (Å²) in [5.74, 6) is -0.326. The van der Waals surface area contributed by atoms with Crippen molar-refractivity contribution >= 4 is 5.91 Å². The number of hydrogen-bond acceptors (Lipinski definition) is 4. The van der Waals surface area contributed by atoms with Gasteiger partial charge in [0.1, 0.15) is 5.82 Å². The van der Waals surface area contributed by atoms with Crippen LogP contribution in [0.15, 0.2) is 34.9 Å². The fraction of sp³-hybridized carbons (Fsp3) is 0.333. The molecule has 0 radical (unpaired) electrons. The van der Waals surface area contributed by atoms with Crippen LogP contribution in [0.2, 0.25) is 0 Å². The fourth-order valence-electron chi connectivity index (χ4n) is 2.49. The molecule has 0 spiro atoms. The average Bonchev–Trinajstić information content (AvgIpc) is 3.16. The van der Waals surface area contributed by atoms with Gasteiger partial charge in [0.25, 0.3) is 5.91 Å². The van der Waals surface area contributed by atoms with Gasteiger partial charge in [0.15, 0.2) is 11.5 Å². The predicted octanol–water partition coefficient (Wildman–Crippen LogP) is 1.94. The van der Waals surface area contributed by atoms with Crippen molar-refractivity contribution in [3.8, 4) is 11.3 Å². The van der Waals surface area contributed by atoms with Crippen LogP contribution in [0.5, 0.6) is 0 Å². The molecule has 1 aromatic carbocycles. The number of hydrogen-bond donors (Lipinski definition) is 1. The van der Waals surface area contributed by atoms with E-state index < -0.39 is 5.82 Å². The van der Waals surface area contributed by atoms with Crippen LogP contribution in [-0.2, 0) is 0 Å². The molecule has 1 unspecified atom stereocenters.